The molecule has 0 saturated heterocycles. The van der Waals surface area contributed by atoms with E-state index >= 15 is 0 Å². The van der Waals surface area contributed by atoms with Gasteiger partial charge in [-0.3, -0.25) is 0 Å². The quantitative estimate of drug-likeness (QED) is 0.870. The third-order valence-corrected chi connectivity index (χ3v) is 3.52. The van der Waals surface area contributed by atoms with Crippen molar-refractivity contribution in [1.29, 1.82) is 0 Å². The summed E-state index contributed by atoms with van der Waals surface area (Å²) in [6, 6.07) is 9.35. The monoisotopic (exact) mass is 311 g/mol. The number of nitrogens with one attached hydrogen (secondary N) is 1. The third kappa shape index (κ3) is 2.88. The molecule has 0 unspecified atom stereocenters. The molecule has 1 nitrogen and oxygen atoms in total. The van der Waals surface area contributed by atoms with Gasteiger partial charge in [-0.25, -0.2) is 8.78 Å². The molecule has 0 aliphatic rings. The highest BCUT2D eigenvalue weighted by Gasteiger charge is 2.05. The molecule has 4 heteroatoms. The summed E-state index contributed by atoms with van der Waals surface area (Å²) in [5.74, 6) is -0.538. The van der Waals surface area contributed by atoms with Gasteiger partial charge in [0.2, 0.25) is 0 Å². The average molecular weight is 312 g/mol. The van der Waals surface area contributed by atoms with Gasteiger partial charge < -0.3 is 5.32 Å². The summed E-state index contributed by atoms with van der Waals surface area (Å²) in [7, 11) is 0. The first-order valence-electron chi connectivity index (χ1n) is 5.51. The van der Waals surface area contributed by atoms with Gasteiger partial charge in [0.25, 0.3) is 0 Å². The number of rotatable bonds is 3. The lowest BCUT2D eigenvalue weighted by molar-refractivity contribution is 0.618. The van der Waals surface area contributed by atoms with E-state index in [2.05, 4.69) is 21.2 Å². The van der Waals surface area contributed by atoms with Crippen LogP contribution in [0.3, 0.4) is 0 Å². The molecule has 0 fully saturated rings. The normalized spacial score (nSPS) is 10.4. The lowest BCUT2D eigenvalue weighted by Gasteiger charge is -2.11. The Labute approximate surface area is 113 Å². The van der Waals surface area contributed by atoms with E-state index in [1.54, 1.807) is 25.1 Å². The van der Waals surface area contributed by atoms with Crippen LogP contribution in [0.25, 0.3) is 0 Å². The van der Waals surface area contributed by atoms with Crippen LogP contribution in [-0.2, 0) is 6.54 Å². The van der Waals surface area contributed by atoms with Crippen LogP contribution in [0.2, 0.25) is 0 Å². The van der Waals surface area contributed by atoms with Crippen LogP contribution in [0.5, 0.6) is 0 Å². The second-order valence-corrected chi connectivity index (χ2v) is 4.86. The van der Waals surface area contributed by atoms with Gasteiger partial charge in [0, 0.05) is 22.3 Å². The molecule has 0 spiro atoms. The van der Waals surface area contributed by atoms with Crippen molar-refractivity contribution >= 4 is 21.6 Å². The van der Waals surface area contributed by atoms with Crippen LogP contribution in [0.1, 0.15) is 11.1 Å². The predicted octanol–water partition coefficient (Wildman–Crippen LogP) is 4.65. The van der Waals surface area contributed by atoms with Crippen LogP contribution >= 0.6 is 15.9 Å². The van der Waals surface area contributed by atoms with Crippen molar-refractivity contribution < 1.29 is 8.78 Å². The largest absolute Gasteiger partial charge is 0.381 e. The van der Waals surface area contributed by atoms with Gasteiger partial charge in [0.15, 0.2) is 0 Å². The molecular formula is C14H12BrF2N. The Bertz CT molecular complexity index is 568. The molecule has 0 saturated carbocycles. The van der Waals surface area contributed by atoms with Crippen molar-refractivity contribution in [3.05, 3.63) is 63.6 Å². The van der Waals surface area contributed by atoms with Crippen LogP contribution < -0.4 is 5.32 Å². The fraction of sp³-hybridized carbons (Fsp3) is 0.143. The number of hydrogen-bond acceptors (Lipinski definition) is 1. The third-order valence-electron chi connectivity index (χ3n) is 2.74. The summed E-state index contributed by atoms with van der Waals surface area (Å²) in [5.41, 5.74) is 2.06. The first kappa shape index (κ1) is 13.0. The van der Waals surface area contributed by atoms with Crippen LogP contribution in [0, 0.1) is 18.6 Å². The molecule has 0 aromatic heterocycles. The minimum atomic E-state index is -0.286. The molecule has 1 N–H and O–H groups in total. The van der Waals surface area contributed by atoms with Gasteiger partial charge in [0.05, 0.1) is 0 Å². The van der Waals surface area contributed by atoms with Gasteiger partial charge in [-0.2, -0.15) is 0 Å². The van der Waals surface area contributed by atoms with Crippen molar-refractivity contribution in [2.75, 3.05) is 5.32 Å². The second kappa shape index (κ2) is 5.48. The topological polar surface area (TPSA) is 12.0 Å². The van der Waals surface area contributed by atoms with Gasteiger partial charge in [0.1, 0.15) is 11.6 Å². The van der Waals surface area contributed by atoms with E-state index < -0.39 is 0 Å². The van der Waals surface area contributed by atoms with Crippen molar-refractivity contribution in [2.24, 2.45) is 0 Å². The van der Waals surface area contributed by atoms with Crippen molar-refractivity contribution in [3.8, 4) is 0 Å². The molecule has 0 aliphatic carbocycles. The summed E-state index contributed by atoms with van der Waals surface area (Å²) in [5, 5.41) is 3.10. The zero-order chi connectivity index (χ0) is 13.1. The highest BCUT2D eigenvalue weighted by Crippen LogP contribution is 2.22. The SMILES string of the molecule is Cc1c(F)cccc1NCc1cc(F)ccc1Br. The fourth-order valence-corrected chi connectivity index (χ4v) is 2.06. The lowest BCUT2D eigenvalue weighted by Crippen LogP contribution is -2.03. The Hall–Kier alpha value is -1.42. The first-order valence-corrected chi connectivity index (χ1v) is 6.30. The summed E-state index contributed by atoms with van der Waals surface area (Å²) in [6.45, 7) is 2.14. The number of benzene rings is 2. The molecule has 0 amide bonds. The molecule has 0 heterocycles. The van der Waals surface area contributed by atoms with E-state index in [4.69, 9.17) is 0 Å². The Morgan fingerprint density at radius 2 is 1.94 bits per heavy atom. The molecule has 0 aliphatic heterocycles. The number of halogens is 3. The fourth-order valence-electron chi connectivity index (χ4n) is 1.67. The van der Waals surface area contributed by atoms with Gasteiger partial charge >= 0.3 is 0 Å². The lowest BCUT2D eigenvalue weighted by atomic mass is 10.1. The molecule has 2 aromatic carbocycles. The van der Waals surface area contributed by atoms with E-state index in [1.165, 1.54) is 18.2 Å². The maximum absolute atomic E-state index is 13.3. The number of anilines is 1. The van der Waals surface area contributed by atoms with Gasteiger partial charge in [-0.15, -0.1) is 0 Å². The van der Waals surface area contributed by atoms with Crippen LogP contribution in [-0.4, -0.2) is 0 Å². The van der Waals surface area contributed by atoms with Crippen LogP contribution in [0.4, 0.5) is 14.5 Å². The van der Waals surface area contributed by atoms with E-state index in [0.29, 0.717) is 17.8 Å². The first-order chi connectivity index (χ1) is 8.58. The highest BCUT2D eigenvalue weighted by atomic mass is 79.9. The Morgan fingerprint density at radius 1 is 1.17 bits per heavy atom. The Balaban J connectivity index is 2.16. The molecular weight excluding hydrogens is 300 g/mol. The molecule has 18 heavy (non-hydrogen) atoms. The van der Waals surface area contributed by atoms with E-state index in [9.17, 15) is 8.78 Å². The van der Waals surface area contributed by atoms with Crippen LogP contribution in [0.15, 0.2) is 40.9 Å². The maximum atomic E-state index is 13.3. The molecule has 0 radical (unpaired) electrons. The van der Waals surface area contributed by atoms with Crippen molar-refractivity contribution in [1.82, 2.24) is 0 Å². The molecule has 2 aromatic rings. The zero-order valence-electron chi connectivity index (χ0n) is 9.81. The maximum Gasteiger partial charge on any atom is 0.128 e. The zero-order valence-corrected chi connectivity index (χ0v) is 11.4. The predicted molar refractivity (Wildman–Crippen MR) is 72.6 cm³/mol. The summed E-state index contributed by atoms with van der Waals surface area (Å²) in [4.78, 5) is 0. The number of hydrogen-bond donors (Lipinski definition) is 1. The standard InChI is InChI=1S/C14H12BrF2N/c1-9-13(17)3-2-4-14(9)18-8-10-7-11(16)5-6-12(10)15/h2-7,18H,8H2,1H3. The molecule has 94 valence electrons. The average Bonchev–Trinajstić information content (AvgIpc) is 2.35. The molecule has 0 atom stereocenters. The van der Waals surface area contributed by atoms with Crippen molar-refractivity contribution in [2.45, 2.75) is 13.5 Å². The Morgan fingerprint density at radius 3 is 2.72 bits per heavy atom. The highest BCUT2D eigenvalue weighted by molar-refractivity contribution is 9.10. The smallest absolute Gasteiger partial charge is 0.128 e. The van der Waals surface area contributed by atoms with Gasteiger partial charge in [-0.05, 0) is 42.8 Å². The summed E-state index contributed by atoms with van der Waals surface area (Å²) in [6.07, 6.45) is 0. The van der Waals surface area contributed by atoms with Crippen molar-refractivity contribution in [3.63, 3.8) is 0 Å². The van der Waals surface area contributed by atoms with E-state index in [1.807, 2.05) is 0 Å². The minimum Gasteiger partial charge on any atom is -0.381 e. The summed E-state index contributed by atoms with van der Waals surface area (Å²) >= 11 is 3.36. The molecule has 0 bridgehead atoms. The molecule has 2 rings (SSSR count). The minimum absolute atomic E-state index is 0.252. The van der Waals surface area contributed by atoms with Gasteiger partial charge in [-0.1, -0.05) is 22.0 Å². The Kier molecular flexibility index (Phi) is 3.97. The van der Waals surface area contributed by atoms with E-state index in [-0.39, 0.29) is 11.6 Å². The van der Waals surface area contributed by atoms with E-state index in [0.717, 1.165) is 10.0 Å². The second-order valence-electron chi connectivity index (χ2n) is 4.00. The summed E-state index contributed by atoms with van der Waals surface area (Å²) < 4.78 is 27.3.